The van der Waals surface area contributed by atoms with Gasteiger partial charge in [0.25, 0.3) is 5.91 Å². The van der Waals surface area contributed by atoms with Crippen molar-refractivity contribution in [1.82, 2.24) is 10.4 Å². The molecule has 0 saturated carbocycles. The minimum absolute atomic E-state index is 0.362. The van der Waals surface area contributed by atoms with E-state index in [1.54, 1.807) is 43.3 Å². The fraction of sp³-hybridized carbons (Fsp3) is 0.0500. The lowest BCUT2D eigenvalue weighted by Crippen LogP contribution is -2.19. The predicted octanol–water partition coefficient (Wildman–Crippen LogP) is 5.78. The zero-order valence-corrected chi connectivity index (χ0v) is 16.5. The van der Waals surface area contributed by atoms with Gasteiger partial charge in [-0.1, -0.05) is 53.0 Å². The molecule has 136 valence electrons. The number of carbonyl (C=O) groups is 1. The Morgan fingerprint density at radius 1 is 1.04 bits per heavy atom. The standard InChI is InChI=1S/C20H14Cl3N3O/c1-12-17(7-8-19(25-12)13-3-2-4-15(21)9-13)20(27)26-24-11-14-5-6-16(22)10-18(14)23/h2-11H,1H3,(H,26,27)/b24-11+. The van der Waals surface area contributed by atoms with Crippen molar-refractivity contribution in [2.24, 2.45) is 5.10 Å². The molecule has 0 aliphatic carbocycles. The van der Waals surface area contributed by atoms with Crippen molar-refractivity contribution in [2.45, 2.75) is 6.92 Å². The first-order chi connectivity index (χ1) is 12.9. The first-order valence-corrected chi connectivity index (χ1v) is 9.09. The van der Waals surface area contributed by atoms with E-state index in [2.05, 4.69) is 15.5 Å². The topological polar surface area (TPSA) is 54.4 Å². The maximum atomic E-state index is 12.4. The fourth-order valence-electron chi connectivity index (χ4n) is 2.44. The third-order valence-corrected chi connectivity index (χ3v) is 4.58. The first-order valence-electron chi connectivity index (χ1n) is 7.96. The number of pyridine rings is 1. The van der Waals surface area contributed by atoms with Gasteiger partial charge in [-0.3, -0.25) is 9.78 Å². The molecule has 7 heteroatoms. The molecule has 0 aliphatic heterocycles. The number of halogens is 3. The van der Waals surface area contributed by atoms with E-state index in [-0.39, 0.29) is 5.91 Å². The van der Waals surface area contributed by atoms with Gasteiger partial charge < -0.3 is 0 Å². The molecule has 3 aromatic rings. The van der Waals surface area contributed by atoms with Crippen LogP contribution in [0.2, 0.25) is 15.1 Å². The van der Waals surface area contributed by atoms with E-state index < -0.39 is 0 Å². The average molecular weight is 419 g/mol. The molecule has 4 nitrogen and oxygen atoms in total. The van der Waals surface area contributed by atoms with Crippen molar-refractivity contribution in [2.75, 3.05) is 0 Å². The summed E-state index contributed by atoms with van der Waals surface area (Å²) in [5, 5.41) is 5.55. The van der Waals surface area contributed by atoms with E-state index in [4.69, 9.17) is 34.8 Å². The second-order valence-corrected chi connectivity index (χ2v) is 6.98. The van der Waals surface area contributed by atoms with Crippen molar-refractivity contribution >= 4 is 46.9 Å². The second kappa shape index (κ2) is 8.53. The van der Waals surface area contributed by atoms with E-state index >= 15 is 0 Å². The quantitative estimate of drug-likeness (QED) is 0.431. The zero-order chi connectivity index (χ0) is 19.4. The lowest BCUT2D eigenvalue weighted by Gasteiger charge is -2.07. The Morgan fingerprint density at radius 2 is 1.81 bits per heavy atom. The molecular weight excluding hydrogens is 405 g/mol. The summed E-state index contributed by atoms with van der Waals surface area (Å²) in [5.74, 6) is -0.362. The van der Waals surface area contributed by atoms with E-state index in [0.29, 0.717) is 31.9 Å². The van der Waals surface area contributed by atoms with Crippen LogP contribution in [0.3, 0.4) is 0 Å². The van der Waals surface area contributed by atoms with Gasteiger partial charge in [-0.05, 0) is 43.3 Å². The van der Waals surface area contributed by atoms with Crippen LogP contribution in [-0.4, -0.2) is 17.1 Å². The molecule has 3 rings (SSSR count). The second-order valence-electron chi connectivity index (χ2n) is 5.70. The Balaban J connectivity index is 1.74. The number of hydrogen-bond donors (Lipinski definition) is 1. The maximum Gasteiger partial charge on any atom is 0.273 e. The molecule has 0 spiro atoms. The number of amides is 1. The van der Waals surface area contributed by atoms with Crippen LogP contribution < -0.4 is 5.43 Å². The van der Waals surface area contributed by atoms with Gasteiger partial charge in [0.2, 0.25) is 0 Å². The SMILES string of the molecule is Cc1nc(-c2cccc(Cl)c2)ccc1C(=O)N/N=C/c1ccc(Cl)cc1Cl. The summed E-state index contributed by atoms with van der Waals surface area (Å²) >= 11 is 17.9. The van der Waals surface area contributed by atoms with Crippen LogP contribution in [0.1, 0.15) is 21.6 Å². The third kappa shape index (κ3) is 4.86. The van der Waals surface area contributed by atoms with Crippen LogP contribution in [0.5, 0.6) is 0 Å². The largest absolute Gasteiger partial charge is 0.273 e. The Kier molecular flexibility index (Phi) is 6.11. The highest BCUT2D eigenvalue weighted by Gasteiger charge is 2.11. The van der Waals surface area contributed by atoms with Crippen molar-refractivity contribution < 1.29 is 4.79 Å². The number of hydrazone groups is 1. The number of aromatic nitrogens is 1. The Morgan fingerprint density at radius 3 is 2.52 bits per heavy atom. The summed E-state index contributed by atoms with van der Waals surface area (Å²) in [5.41, 5.74) is 5.76. The smallest absolute Gasteiger partial charge is 0.267 e. The molecule has 1 N–H and O–H groups in total. The van der Waals surface area contributed by atoms with Gasteiger partial charge in [-0.2, -0.15) is 5.10 Å². The molecule has 2 aromatic carbocycles. The van der Waals surface area contributed by atoms with E-state index in [1.807, 2.05) is 18.2 Å². The lowest BCUT2D eigenvalue weighted by atomic mass is 10.1. The highest BCUT2D eigenvalue weighted by molar-refractivity contribution is 6.36. The number of benzene rings is 2. The van der Waals surface area contributed by atoms with E-state index in [1.165, 1.54) is 6.21 Å². The minimum Gasteiger partial charge on any atom is -0.267 e. The summed E-state index contributed by atoms with van der Waals surface area (Å²) in [6.07, 6.45) is 1.46. The van der Waals surface area contributed by atoms with Crippen LogP contribution in [-0.2, 0) is 0 Å². The van der Waals surface area contributed by atoms with Crippen LogP contribution >= 0.6 is 34.8 Å². The van der Waals surface area contributed by atoms with Gasteiger partial charge in [-0.25, -0.2) is 5.43 Å². The van der Waals surface area contributed by atoms with Gasteiger partial charge in [0, 0.05) is 21.2 Å². The molecule has 0 saturated heterocycles. The Bertz CT molecular complexity index is 1030. The monoisotopic (exact) mass is 417 g/mol. The van der Waals surface area contributed by atoms with Gasteiger partial charge in [-0.15, -0.1) is 0 Å². The fourth-order valence-corrected chi connectivity index (χ4v) is 3.08. The summed E-state index contributed by atoms with van der Waals surface area (Å²) in [4.78, 5) is 16.8. The highest BCUT2D eigenvalue weighted by Crippen LogP contribution is 2.22. The third-order valence-electron chi connectivity index (χ3n) is 3.78. The average Bonchev–Trinajstić information content (AvgIpc) is 2.63. The first kappa shape index (κ1) is 19.4. The van der Waals surface area contributed by atoms with Crippen molar-refractivity contribution in [3.8, 4) is 11.3 Å². The number of nitrogens with zero attached hydrogens (tertiary/aromatic N) is 2. The molecule has 0 radical (unpaired) electrons. The van der Waals surface area contributed by atoms with Gasteiger partial charge in [0.15, 0.2) is 0 Å². The summed E-state index contributed by atoms with van der Waals surface area (Å²) in [6.45, 7) is 1.77. The van der Waals surface area contributed by atoms with Crippen LogP contribution in [0.15, 0.2) is 59.7 Å². The Hall–Kier alpha value is -2.40. The van der Waals surface area contributed by atoms with Gasteiger partial charge in [0.05, 0.1) is 28.2 Å². The molecule has 1 amide bonds. The van der Waals surface area contributed by atoms with Gasteiger partial charge in [0.1, 0.15) is 0 Å². The van der Waals surface area contributed by atoms with Crippen molar-refractivity contribution in [1.29, 1.82) is 0 Å². The molecule has 0 unspecified atom stereocenters. The summed E-state index contributed by atoms with van der Waals surface area (Å²) < 4.78 is 0. The maximum absolute atomic E-state index is 12.4. The zero-order valence-electron chi connectivity index (χ0n) is 14.2. The highest BCUT2D eigenvalue weighted by atomic mass is 35.5. The molecule has 0 atom stereocenters. The van der Waals surface area contributed by atoms with Crippen LogP contribution in [0.25, 0.3) is 11.3 Å². The molecule has 1 heterocycles. The van der Waals surface area contributed by atoms with Crippen molar-refractivity contribution in [3.05, 3.63) is 86.5 Å². The molecule has 0 fully saturated rings. The van der Waals surface area contributed by atoms with E-state index in [0.717, 1.165) is 11.3 Å². The minimum atomic E-state index is -0.362. The summed E-state index contributed by atoms with van der Waals surface area (Å²) in [7, 11) is 0. The molecule has 0 bridgehead atoms. The van der Waals surface area contributed by atoms with Crippen LogP contribution in [0.4, 0.5) is 0 Å². The number of hydrogen-bond acceptors (Lipinski definition) is 3. The molecule has 27 heavy (non-hydrogen) atoms. The molecule has 0 aliphatic rings. The number of rotatable bonds is 4. The number of aryl methyl sites for hydroxylation is 1. The molecule has 1 aromatic heterocycles. The van der Waals surface area contributed by atoms with Gasteiger partial charge >= 0.3 is 0 Å². The van der Waals surface area contributed by atoms with Crippen molar-refractivity contribution in [3.63, 3.8) is 0 Å². The predicted molar refractivity (Wildman–Crippen MR) is 111 cm³/mol. The Labute approximate surface area is 171 Å². The number of nitrogens with one attached hydrogen (secondary N) is 1. The summed E-state index contributed by atoms with van der Waals surface area (Å²) in [6, 6.07) is 15.9. The molecular formula is C20H14Cl3N3O. The van der Waals surface area contributed by atoms with E-state index in [9.17, 15) is 4.79 Å². The normalized spacial score (nSPS) is 11.0. The van der Waals surface area contributed by atoms with Crippen LogP contribution in [0, 0.1) is 6.92 Å². The lowest BCUT2D eigenvalue weighted by molar-refractivity contribution is 0.0954. The number of carbonyl (C=O) groups excluding carboxylic acids is 1.